The van der Waals surface area contributed by atoms with Gasteiger partial charge >= 0.3 is 0 Å². The summed E-state index contributed by atoms with van der Waals surface area (Å²) in [4.78, 5) is 13.4. The highest BCUT2D eigenvalue weighted by atomic mass is 32.2. The van der Waals surface area contributed by atoms with E-state index in [-0.39, 0.29) is 16.6 Å². The van der Waals surface area contributed by atoms with Gasteiger partial charge in [-0.25, -0.2) is 8.42 Å². The lowest BCUT2D eigenvalue weighted by atomic mass is 9.97. The first kappa shape index (κ1) is 26.1. The Kier molecular flexibility index (Phi) is 8.76. The van der Waals surface area contributed by atoms with Crippen LogP contribution in [0.1, 0.15) is 31.9 Å². The van der Waals surface area contributed by atoms with Crippen LogP contribution in [-0.4, -0.2) is 35.1 Å². The van der Waals surface area contributed by atoms with Gasteiger partial charge in [0.05, 0.1) is 30.8 Å². The van der Waals surface area contributed by atoms with E-state index < -0.39 is 22.5 Å². The number of amides is 1. The maximum absolute atomic E-state index is 13.7. The van der Waals surface area contributed by atoms with Gasteiger partial charge in [0, 0.05) is 6.07 Å². The SMILES string of the molecule is COc1ccc(OC)c(N(CC(=O)N[C@H](CC(C)C)c2ccccc2)S(=O)(=O)c2ccccc2)c1. The molecule has 1 amide bonds. The lowest BCUT2D eigenvalue weighted by Gasteiger charge is -2.28. The minimum atomic E-state index is -4.09. The zero-order valence-electron chi connectivity index (χ0n) is 20.5. The maximum Gasteiger partial charge on any atom is 0.264 e. The van der Waals surface area contributed by atoms with Gasteiger partial charge in [-0.2, -0.15) is 0 Å². The van der Waals surface area contributed by atoms with Crippen molar-refractivity contribution in [3.8, 4) is 11.5 Å². The average Bonchev–Trinajstić information content (AvgIpc) is 2.87. The molecular formula is C27H32N2O5S. The third-order valence-electron chi connectivity index (χ3n) is 5.52. The summed E-state index contributed by atoms with van der Waals surface area (Å²) in [6.07, 6.45) is 0.712. The summed E-state index contributed by atoms with van der Waals surface area (Å²) >= 11 is 0. The van der Waals surface area contributed by atoms with Gasteiger partial charge in [-0.15, -0.1) is 0 Å². The second-order valence-electron chi connectivity index (χ2n) is 8.52. The van der Waals surface area contributed by atoms with Crippen LogP contribution in [0.25, 0.3) is 0 Å². The van der Waals surface area contributed by atoms with Crippen LogP contribution in [0, 0.1) is 5.92 Å². The normalized spacial score (nSPS) is 12.1. The Balaban J connectivity index is 2.01. The third-order valence-corrected chi connectivity index (χ3v) is 7.29. The summed E-state index contributed by atoms with van der Waals surface area (Å²) in [5.74, 6) is 0.642. The Bertz CT molecular complexity index is 1210. The second kappa shape index (κ2) is 11.8. The molecule has 35 heavy (non-hydrogen) atoms. The zero-order valence-corrected chi connectivity index (χ0v) is 21.3. The molecule has 0 saturated carbocycles. The van der Waals surface area contributed by atoms with Crippen molar-refractivity contribution in [2.45, 2.75) is 31.2 Å². The van der Waals surface area contributed by atoms with Crippen LogP contribution >= 0.6 is 0 Å². The molecule has 1 atom stereocenters. The lowest BCUT2D eigenvalue weighted by Crippen LogP contribution is -2.42. The van der Waals surface area contributed by atoms with E-state index in [1.807, 2.05) is 30.3 Å². The first-order valence-electron chi connectivity index (χ1n) is 11.4. The molecular weight excluding hydrogens is 464 g/mol. The number of benzene rings is 3. The number of ether oxygens (including phenoxy) is 2. The van der Waals surface area contributed by atoms with E-state index in [4.69, 9.17) is 9.47 Å². The van der Waals surface area contributed by atoms with E-state index in [1.165, 1.54) is 26.4 Å². The monoisotopic (exact) mass is 496 g/mol. The third kappa shape index (κ3) is 6.54. The Hall–Kier alpha value is -3.52. The Morgan fingerprint density at radius 3 is 2.11 bits per heavy atom. The highest BCUT2D eigenvalue weighted by Gasteiger charge is 2.30. The molecule has 7 nitrogen and oxygen atoms in total. The number of anilines is 1. The van der Waals surface area contributed by atoms with Crippen LogP contribution in [0.15, 0.2) is 83.8 Å². The van der Waals surface area contributed by atoms with Gasteiger partial charge in [0.2, 0.25) is 5.91 Å². The molecule has 8 heteroatoms. The standard InChI is InChI=1S/C27H32N2O5S/c1-20(2)17-24(21-11-7-5-8-12-21)28-27(30)19-29(35(31,32)23-13-9-6-10-14-23)25-18-22(33-3)15-16-26(25)34-4/h5-16,18,20,24H,17,19H2,1-4H3,(H,28,30)/t24-/m1/s1. The first-order valence-corrected chi connectivity index (χ1v) is 12.8. The largest absolute Gasteiger partial charge is 0.497 e. The van der Waals surface area contributed by atoms with E-state index in [9.17, 15) is 13.2 Å². The van der Waals surface area contributed by atoms with Gasteiger partial charge in [0.1, 0.15) is 18.0 Å². The Labute approximate surface area is 207 Å². The maximum atomic E-state index is 13.7. The summed E-state index contributed by atoms with van der Waals surface area (Å²) in [7, 11) is -1.15. The molecule has 3 aromatic carbocycles. The minimum Gasteiger partial charge on any atom is -0.497 e. The average molecular weight is 497 g/mol. The van der Waals surface area contributed by atoms with E-state index in [0.29, 0.717) is 23.8 Å². The van der Waals surface area contributed by atoms with E-state index in [1.54, 1.807) is 36.4 Å². The molecule has 0 aromatic heterocycles. The highest BCUT2D eigenvalue weighted by molar-refractivity contribution is 7.92. The number of methoxy groups -OCH3 is 2. The molecule has 0 aliphatic heterocycles. The first-order chi connectivity index (χ1) is 16.8. The second-order valence-corrected chi connectivity index (χ2v) is 10.4. The van der Waals surface area contributed by atoms with Gasteiger partial charge in [-0.3, -0.25) is 9.10 Å². The number of hydrogen-bond donors (Lipinski definition) is 1. The predicted molar refractivity (Wildman–Crippen MR) is 137 cm³/mol. The van der Waals surface area contributed by atoms with Crippen molar-refractivity contribution >= 4 is 21.6 Å². The van der Waals surface area contributed by atoms with Crippen molar-refractivity contribution in [1.29, 1.82) is 0 Å². The van der Waals surface area contributed by atoms with Crippen molar-refractivity contribution in [2.24, 2.45) is 5.92 Å². The number of hydrogen-bond acceptors (Lipinski definition) is 5. The molecule has 186 valence electrons. The molecule has 0 fully saturated rings. The van der Waals surface area contributed by atoms with Crippen LogP contribution in [0.3, 0.4) is 0 Å². The Morgan fingerprint density at radius 1 is 0.914 bits per heavy atom. The molecule has 3 aromatic rings. The number of nitrogens with one attached hydrogen (secondary N) is 1. The van der Waals surface area contributed by atoms with Crippen LogP contribution < -0.4 is 19.1 Å². The molecule has 0 aliphatic carbocycles. The van der Waals surface area contributed by atoms with Crippen molar-refractivity contribution in [3.05, 3.63) is 84.4 Å². The summed E-state index contributed by atoms with van der Waals surface area (Å²) in [5, 5.41) is 3.04. The van der Waals surface area contributed by atoms with Crippen LogP contribution in [0.2, 0.25) is 0 Å². The molecule has 0 heterocycles. The Morgan fingerprint density at radius 2 is 1.54 bits per heavy atom. The number of carbonyl (C=O) groups excluding carboxylic acids is 1. The number of nitrogens with zero attached hydrogens (tertiary/aromatic N) is 1. The number of rotatable bonds is 11. The van der Waals surface area contributed by atoms with Gasteiger partial charge in [0.15, 0.2) is 0 Å². The van der Waals surface area contributed by atoms with Gasteiger partial charge in [-0.05, 0) is 42.2 Å². The van der Waals surface area contributed by atoms with Crippen molar-refractivity contribution in [2.75, 3.05) is 25.1 Å². The zero-order chi connectivity index (χ0) is 25.4. The molecule has 0 unspecified atom stereocenters. The van der Waals surface area contributed by atoms with Gasteiger partial charge in [0.25, 0.3) is 10.0 Å². The smallest absolute Gasteiger partial charge is 0.264 e. The molecule has 1 N–H and O–H groups in total. The van der Waals surface area contributed by atoms with Crippen LogP contribution in [-0.2, 0) is 14.8 Å². The fourth-order valence-corrected chi connectivity index (χ4v) is 5.26. The molecule has 0 spiro atoms. The van der Waals surface area contributed by atoms with E-state index in [0.717, 1.165) is 9.87 Å². The minimum absolute atomic E-state index is 0.0689. The van der Waals surface area contributed by atoms with E-state index >= 15 is 0 Å². The molecule has 0 saturated heterocycles. The molecule has 3 rings (SSSR count). The molecule has 0 aliphatic rings. The molecule has 0 bridgehead atoms. The summed E-state index contributed by atoms with van der Waals surface area (Å²) in [5.41, 5.74) is 1.18. The van der Waals surface area contributed by atoms with Crippen molar-refractivity contribution in [1.82, 2.24) is 5.32 Å². The topological polar surface area (TPSA) is 84.9 Å². The van der Waals surface area contributed by atoms with Gasteiger partial charge < -0.3 is 14.8 Å². The van der Waals surface area contributed by atoms with E-state index in [2.05, 4.69) is 19.2 Å². The highest BCUT2D eigenvalue weighted by Crippen LogP contribution is 2.35. The number of carbonyl (C=O) groups is 1. The predicted octanol–water partition coefficient (Wildman–Crippen LogP) is 4.80. The van der Waals surface area contributed by atoms with Crippen molar-refractivity contribution in [3.63, 3.8) is 0 Å². The van der Waals surface area contributed by atoms with Gasteiger partial charge in [-0.1, -0.05) is 62.4 Å². The quantitative estimate of drug-likeness (QED) is 0.412. The summed E-state index contributed by atoms with van der Waals surface area (Å²) in [6, 6.07) is 22.3. The lowest BCUT2D eigenvalue weighted by molar-refractivity contribution is -0.120. The fourth-order valence-electron chi connectivity index (χ4n) is 3.82. The van der Waals surface area contributed by atoms with Crippen LogP contribution in [0.4, 0.5) is 5.69 Å². The molecule has 0 radical (unpaired) electrons. The van der Waals surface area contributed by atoms with Crippen molar-refractivity contribution < 1.29 is 22.7 Å². The summed E-state index contributed by atoms with van der Waals surface area (Å²) < 4.78 is 39.3. The summed E-state index contributed by atoms with van der Waals surface area (Å²) in [6.45, 7) is 3.73. The fraction of sp³-hybridized carbons (Fsp3) is 0.296. The number of sulfonamides is 1. The van der Waals surface area contributed by atoms with Crippen LogP contribution in [0.5, 0.6) is 11.5 Å².